The van der Waals surface area contributed by atoms with Gasteiger partial charge >= 0.3 is 6.36 Å². The molecule has 4 rings (SSSR count). The van der Waals surface area contributed by atoms with Gasteiger partial charge in [0.1, 0.15) is 5.82 Å². The van der Waals surface area contributed by atoms with E-state index in [2.05, 4.69) is 11.7 Å². The molecule has 0 N–H and O–H groups in total. The van der Waals surface area contributed by atoms with E-state index in [4.69, 9.17) is 0 Å². The zero-order chi connectivity index (χ0) is 24.3. The van der Waals surface area contributed by atoms with Crippen molar-refractivity contribution in [3.63, 3.8) is 0 Å². The molecule has 1 aliphatic carbocycles. The van der Waals surface area contributed by atoms with Crippen molar-refractivity contribution in [2.24, 2.45) is 11.8 Å². The number of hydrogen-bond acceptors (Lipinski definition) is 1. The predicted octanol–water partition coefficient (Wildman–Crippen LogP) is 9.22. The van der Waals surface area contributed by atoms with Crippen molar-refractivity contribution in [1.82, 2.24) is 0 Å². The summed E-state index contributed by atoms with van der Waals surface area (Å²) in [5.41, 5.74) is 1.44. The minimum atomic E-state index is -5.00. The highest BCUT2D eigenvalue weighted by Gasteiger charge is 2.32. The van der Waals surface area contributed by atoms with Gasteiger partial charge in [0.25, 0.3) is 0 Å². The van der Waals surface area contributed by atoms with E-state index in [1.165, 1.54) is 50.7 Å². The van der Waals surface area contributed by atoms with E-state index in [1.807, 2.05) is 12.1 Å². The van der Waals surface area contributed by atoms with E-state index < -0.39 is 23.7 Å². The normalized spacial score (nSPS) is 18.9. The highest BCUT2D eigenvalue weighted by molar-refractivity contribution is 5.88. The van der Waals surface area contributed by atoms with Gasteiger partial charge in [-0.25, -0.2) is 8.78 Å². The molecule has 3 aromatic carbocycles. The lowest BCUT2D eigenvalue weighted by molar-refractivity contribution is -0.275. The molecule has 0 atom stereocenters. The number of fused-ring (bicyclic) bond motifs is 1. The second kappa shape index (κ2) is 10.3. The SMILES string of the molecule is CCC[C@H]1CC[C@H](CCc2ccc3c(F)c(-c4ccc(OC(F)(F)F)c(F)c4)ccc3c2)CC1. The van der Waals surface area contributed by atoms with Crippen LogP contribution in [-0.2, 0) is 6.42 Å². The van der Waals surface area contributed by atoms with E-state index in [1.54, 1.807) is 12.1 Å². The molecule has 182 valence electrons. The maximum absolute atomic E-state index is 15.2. The van der Waals surface area contributed by atoms with Gasteiger partial charge in [-0.05, 0) is 53.3 Å². The summed E-state index contributed by atoms with van der Waals surface area (Å²) < 4.78 is 70.1. The van der Waals surface area contributed by atoms with E-state index in [9.17, 15) is 17.6 Å². The Balaban J connectivity index is 1.46. The van der Waals surface area contributed by atoms with Crippen molar-refractivity contribution in [3.8, 4) is 16.9 Å². The molecule has 1 aliphatic rings. The maximum Gasteiger partial charge on any atom is 0.573 e. The molecular weight excluding hydrogens is 447 g/mol. The van der Waals surface area contributed by atoms with Gasteiger partial charge in [-0.15, -0.1) is 13.2 Å². The van der Waals surface area contributed by atoms with Crippen LogP contribution in [-0.4, -0.2) is 6.36 Å². The summed E-state index contributed by atoms with van der Waals surface area (Å²) in [6.07, 6.45) is 4.93. The van der Waals surface area contributed by atoms with Crippen molar-refractivity contribution >= 4 is 10.8 Å². The fourth-order valence-electron chi connectivity index (χ4n) is 5.18. The fraction of sp³-hybridized carbons (Fsp3) is 0.429. The van der Waals surface area contributed by atoms with E-state index in [0.717, 1.165) is 47.8 Å². The van der Waals surface area contributed by atoms with Crippen LogP contribution >= 0.6 is 0 Å². The first-order valence-corrected chi connectivity index (χ1v) is 12.0. The third kappa shape index (κ3) is 5.89. The number of aryl methyl sites for hydroxylation is 1. The van der Waals surface area contributed by atoms with Crippen molar-refractivity contribution in [1.29, 1.82) is 0 Å². The van der Waals surface area contributed by atoms with Crippen LogP contribution in [0, 0.1) is 23.5 Å². The Kier molecular flexibility index (Phi) is 7.44. The minimum Gasteiger partial charge on any atom is -0.403 e. The van der Waals surface area contributed by atoms with Crippen LogP contribution in [0.25, 0.3) is 21.9 Å². The molecular formula is C28H29F5O. The first-order chi connectivity index (χ1) is 16.2. The Morgan fingerprint density at radius 2 is 1.56 bits per heavy atom. The molecule has 0 aliphatic heterocycles. The van der Waals surface area contributed by atoms with Crippen molar-refractivity contribution in [2.75, 3.05) is 0 Å². The molecule has 6 heteroatoms. The lowest BCUT2D eigenvalue weighted by Crippen LogP contribution is -2.17. The van der Waals surface area contributed by atoms with Gasteiger partial charge in [0.15, 0.2) is 11.6 Å². The Morgan fingerprint density at radius 1 is 0.853 bits per heavy atom. The number of alkyl halides is 3. The molecule has 0 saturated heterocycles. The quantitative estimate of drug-likeness (QED) is 0.309. The summed E-state index contributed by atoms with van der Waals surface area (Å²) in [7, 11) is 0. The maximum atomic E-state index is 15.2. The Morgan fingerprint density at radius 3 is 2.21 bits per heavy atom. The average molecular weight is 477 g/mol. The molecule has 1 saturated carbocycles. The number of halogens is 5. The lowest BCUT2D eigenvalue weighted by Gasteiger charge is -2.28. The summed E-state index contributed by atoms with van der Waals surface area (Å²) >= 11 is 0. The van der Waals surface area contributed by atoms with Crippen molar-refractivity contribution in [2.45, 2.75) is 64.7 Å². The Bertz CT molecular complexity index is 1130. The van der Waals surface area contributed by atoms with Gasteiger partial charge in [-0.2, -0.15) is 0 Å². The molecule has 1 nitrogen and oxygen atoms in total. The number of rotatable bonds is 7. The molecule has 1 fully saturated rings. The van der Waals surface area contributed by atoms with Crippen molar-refractivity contribution in [3.05, 3.63) is 65.7 Å². The Hall–Kier alpha value is -2.63. The average Bonchev–Trinajstić information content (AvgIpc) is 2.80. The van der Waals surface area contributed by atoms with Crippen LogP contribution in [0.15, 0.2) is 48.5 Å². The number of hydrogen-bond donors (Lipinski definition) is 0. The molecule has 0 spiro atoms. The molecule has 0 heterocycles. The van der Waals surface area contributed by atoms with Gasteiger partial charge in [0.2, 0.25) is 0 Å². The fourth-order valence-corrected chi connectivity index (χ4v) is 5.18. The Labute approximate surface area is 196 Å². The van der Waals surface area contributed by atoms with Gasteiger partial charge in [0.05, 0.1) is 0 Å². The van der Waals surface area contributed by atoms with Gasteiger partial charge in [-0.3, -0.25) is 0 Å². The van der Waals surface area contributed by atoms with Crippen molar-refractivity contribution < 1.29 is 26.7 Å². The second-order valence-corrected chi connectivity index (χ2v) is 9.39. The third-order valence-electron chi connectivity index (χ3n) is 6.99. The summed E-state index contributed by atoms with van der Waals surface area (Å²) in [4.78, 5) is 0. The zero-order valence-corrected chi connectivity index (χ0v) is 19.2. The predicted molar refractivity (Wildman–Crippen MR) is 125 cm³/mol. The van der Waals surface area contributed by atoms with E-state index in [-0.39, 0.29) is 11.1 Å². The molecule has 0 aromatic heterocycles. The standard InChI is InChI=1S/C28H29F5O/c1-2-3-18-4-6-19(7-5-18)8-9-20-10-13-23-21(16-20)11-14-24(27(23)30)22-12-15-26(25(29)17-22)34-28(31,32)33/h10-19H,2-9H2,1H3/t18-,19-. The van der Waals surface area contributed by atoms with E-state index >= 15 is 4.39 Å². The summed E-state index contributed by atoms with van der Waals surface area (Å²) in [6.45, 7) is 2.25. The van der Waals surface area contributed by atoms with E-state index in [0.29, 0.717) is 5.39 Å². The first-order valence-electron chi connectivity index (χ1n) is 12.0. The highest BCUT2D eigenvalue weighted by atomic mass is 19.4. The zero-order valence-electron chi connectivity index (χ0n) is 19.2. The van der Waals surface area contributed by atoms with Gasteiger partial charge < -0.3 is 4.74 Å². The topological polar surface area (TPSA) is 9.23 Å². The molecule has 0 bridgehead atoms. The minimum absolute atomic E-state index is 0.126. The number of ether oxygens (including phenoxy) is 1. The smallest absolute Gasteiger partial charge is 0.403 e. The molecule has 0 amide bonds. The molecule has 0 unspecified atom stereocenters. The molecule has 0 radical (unpaired) electrons. The summed E-state index contributed by atoms with van der Waals surface area (Å²) in [6, 6.07) is 11.9. The van der Waals surface area contributed by atoms with Crippen LogP contribution in [0.4, 0.5) is 22.0 Å². The van der Waals surface area contributed by atoms with Gasteiger partial charge in [0, 0.05) is 10.9 Å². The molecule has 3 aromatic rings. The van der Waals surface area contributed by atoms with Crippen LogP contribution in [0.5, 0.6) is 5.75 Å². The van der Waals surface area contributed by atoms with Crippen LogP contribution in [0.2, 0.25) is 0 Å². The second-order valence-electron chi connectivity index (χ2n) is 9.39. The molecule has 34 heavy (non-hydrogen) atoms. The van der Waals surface area contributed by atoms with Crippen LogP contribution in [0.1, 0.15) is 57.4 Å². The lowest BCUT2D eigenvalue weighted by atomic mass is 9.78. The monoisotopic (exact) mass is 476 g/mol. The summed E-state index contributed by atoms with van der Waals surface area (Å²) in [5, 5.41) is 1.15. The largest absolute Gasteiger partial charge is 0.573 e. The number of benzene rings is 3. The van der Waals surface area contributed by atoms with Gasteiger partial charge in [-0.1, -0.05) is 81.8 Å². The van der Waals surface area contributed by atoms with Crippen LogP contribution in [0.3, 0.4) is 0 Å². The highest BCUT2D eigenvalue weighted by Crippen LogP contribution is 2.35. The van der Waals surface area contributed by atoms with Crippen LogP contribution < -0.4 is 4.74 Å². The summed E-state index contributed by atoms with van der Waals surface area (Å²) in [5.74, 6) is -1.03. The third-order valence-corrected chi connectivity index (χ3v) is 6.99. The first kappa shape index (κ1) is 24.5.